The average Bonchev–Trinajstić information content (AvgIpc) is 3.05. The van der Waals surface area contributed by atoms with Crippen LogP contribution in [0.5, 0.6) is 0 Å². The van der Waals surface area contributed by atoms with Crippen molar-refractivity contribution in [2.24, 2.45) is 0 Å². The molecule has 1 rings (SSSR count). The van der Waals surface area contributed by atoms with Crippen molar-refractivity contribution in [3.63, 3.8) is 0 Å². The first-order valence-electron chi connectivity index (χ1n) is 18.0. The lowest BCUT2D eigenvalue weighted by atomic mass is 9.85. The van der Waals surface area contributed by atoms with E-state index in [0.29, 0.717) is 13.0 Å². The van der Waals surface area contributed by atoms with Crippen LogP contribution in [0.2, 0.25) is 0 Å². The minimum atomic E-state index is -5.00. The molecule has 0 aromatic heterocycles. The summed E-state index contributed by atoms with van der Waals surface area (Å²) in [6.45, 7) is 4.12. The van der Waals surface area contributed by atoms with E-state index >= 15 is 0 Å². The van der Waals surface area contributed by atoms with Gasteiger partial charge in [-0.3, -0.25) is 13.8 Å². The average molecular weight is 697 g/mol. The van der Waals surface area contributed by atoms with Crippen LogP contribution >= 0.6 is 7.82 Å². The van der Waals surface area contributed by atoms with Gasteiger partial charge in [0, 0.05) is 13.0 Å². The first kappa shape index (κ1) is 44.1. The third-order valence-electron chi connectivity index (χ3n) is 8.37. The fraction of sp³-hybridized carbons (Fsp3) is 0.912. The Hall–Kier alpha value is -0.920. The second kappa shape index (κ2) is 26.9. The zero-order chi connectivity index (χ0) is 34.9. The molecular weight excluding hydrogens is 631 g/mol. The second-order valence-corrected chi connectivity index (χ2v) is 14.1. The Balaban J connectivity index is 2.51. The van der Waals surface area contributed by atoms with Gasteiger partial charge in [-0.1, -0.05) is 109 Å². The summed E-state index contributed by atoms with van der Waals surface area (Å²) < 4.78 is 33.8. The maximum absolute atomic E-state index is 12.7. The monoisotopic (exact) mass is 696 g/mol. The normalized spacial score (nSPS) is 25.2. The minimum Gasteiger partial charge on any atom is -0.457 e. The molecule has 0 bridgehead atoms. The predicted molar refractivity (Wildman–Crippen MR) is 180 cm³/mol. The number of hydrogen-bond acceptors (Lipinski definition) is 11. The summed E-state index contributed by atoms with van der Waals surface area (Å²) in [6.07, 6.45) is 11.7. The van der Waals surface area contributed by atoms with Crippen LogP contribution in [-0.2, 0) is 27.9 Å². The van der Waals surface area contributed by atoms with Crippen LogP contribution in [0.4, 0.5) is 0 Å². The number of unbranched alkanes of at least 4 members (excludes halogenated alkanes) is 15. The Morgan fingerprint density at radius 3 is 1.77 bits per heavy atom. The van der Waals surface area contributed by atoms with Crippen LogP contribution < -0.4 is 0 Å². The zero-order valence-electron chi connectivity index (χ0n) is 28.8. The van der Waals surface area contributed by atoms with Crippen LogP contribution in [-0.4, -0.2) is 98.9 Å². The van der Waals surface area contributed by atoms with Gasteiger partial charge in [-0.25, -0.2) is 4.57 Å². The van der Waals surface area contributed by atoms with E-state index in [4.69, 9.17) is 18.5 Å². The Labute approximate surface area is 282 Å². The maximum atomic E-state index is 12.7. The maximum Gasteiger partial charge on any atom is 0.472 e. The summed E-state index contributed by atoms with van der Waals surface area (Å²) in [5.74, 6) is -0.485. The van der Waals surface area contributed by atoms with Crippen molar-refractivity contribution in [3.05, 3.63) is 12.2 Å². The molecule has 47 heavy (non-hydrogen) atoms. The Morgan fingerprint density at radius 1 is 0.660 bits per heavy atom. The largest absolute Gasteiger partial charge is 0.472 e. The molecule has 1 aliphatic rings. The lowest BCUT2D eigenvalue weighted by molar-refractivity contribution is -0.220. The third-order valence-corrected chi connectivity index (χ3v) is 9.35. The van der Waals surface area contributed by atoms with Crippen molar-refractivity contribution >= 4 is 13.8 Å². The SMILES string of the molecule is CCC/C=C\CCCCCCCCOCC(COP(=O)(O)OC1C(O)C(O)C(O)C(O)C1O)OC(=O)CCCCCCCCCCC. The van der Waals surface area contributed by atoms with Gasteiger partial charge in [0.15, 0.2) is 0 Å². The van der Waals surface area contributed by atoms with E-state index in [2.05, 4.69) is 26.0 Å². The van der Waals surface area contributed by atoms with Crippen LogP contribution in [0.15, 0.2) is 12.2 Å². The van der Waals surface area contributed by atoms with E-state index in [1.54, 1.807) is 0 Å². The van der Waals surface area contributed by atoms with E-state index in [-0.39, 0.29) is 13.0 Å². The topological polar surface area (TPSA) is 192 Å². The molecule has 278 valence electrons. The fourth-order valence-electron chi connectivity index (χ4n) is 5.41. The summed E-state index contributed by atoms with van der Waals surface area (Å²) in [7, 11) is -5.00. The van der Waals surface area contributed by atoms with E-state index in [1.807, 2.05) is 0 Å². The molecule has 1 aliphatic carbocycles. The number of hydrogen-bond donors (Lipinski definition) is 6. The van der Waals surface area contributed by atoms with Gasteiger partial charge in [-0.15, -0.1) is 0 Å². The van der Waals surface area contributed by atoms with Crippen molar-refractivity contribution in [1.29, 1.82) is 0 Å². The highest BCUT2D eigenvalue weighted by Crippen LogP contribution is 2.47. The van der Waals surface area contributed by atoms with Gasteiger partial charge in [0.05, 0.1) is 13.2 Å². The molecule has 12 nitrogen and oxygen atoms in total. The molecule has 0 aromatic carbocycles. The van der Waals surface area contributed by atoms with Gasteiger partial charge in [0.2, 0.25) is 0 Å². The molecule has 0 radical (unpaired) electrons. The van der Waals surface area contributed by atoms with Crippen LogP contribution in [0.1, 0.15) is 136 Å². The number of phosphoric ester groups is 1. The number of phosphoric acid groups is 1. The van der Waals surface area contributed by atoms with E-state index in [0.717, 1.165) is 57.8 Å². The van der Waals surface area contributed by atoms with Gasteiger partial charge in [0.25, 0.3) is 0 Å². The van der Waals surface area contributed by atoms with Crippen molar-refractivity contribution < 1.29 is 58.3 Å². The van der Waals surface area contributed by atoms with Crippen molar-refractivity contribution in [1.82, 2.24) is 0 Å². The minimum absolute atomic E-state index is 0.0775. The number of rotatable bonds is 29. The van der Waals surface area contributed by atoms with Crippen LogP contribution in [0.3, 0.4) is 0 Å². The summed E-state index contributed by atoms with van der Waals surface area (Å²) in [5, 5.41) is 49.8. The molecule has 0 heterocycles. The molecule has 6 N–H and O–H groups in total. The van der Waals surface area contributed by atoms with Crippen molar-refractivity contribution in [2.75, 3.05) is 19.8 Å². The summed E-state index contributed by atoms with van der Waals surface area (Å²) in [5.41, 5.74) is 0. The van der Waals surface area contributed by atoms with Gasteiger partial charge in [0.1, 0.15) is 42.7 Å². The number of aliphatic hydroxyl groups excluding tert-OH is 5. The Morgan fingerprint density at radius 2 is 1.17 bits per heavy atom. The van der Waals surface area contributed by atoms with E-state index in [1.165, 1.54) is 51.4 Å². The molecule has 0 aliphatic heterocycles. The lowest BCUT2D eigenvalue weighted by Gasteiger charge is -2.41. The highest BCUT2D eigenvalue weighted by molar-refractivity contribution is 7.47. The van der Waals surface area contributed by atoms with Crippen LogP contribution in [0, 0.1) is 0 Å². The molecule has 1 saturated carbocycles. The zero-order valence-corrected chi connectivity index (χ0v) is 29.7. The number of carbonyl (C=O) groups excluding carboxylic acids is 1. The van der Waals surface area contributed by atoms with Gasteiger partial charge >= 0.3 is 13.8 Å². The number of aliphatic hydroxyl groups is 5. The molecule has 0 spiro atoms. The molecule has 0 aromatic rings. The van der Waals surface area contributed by atoms with Crippen molar-refractivity contribution in [3.8, 4) is 0 Å². The first-order valence-corrected chi connectivity index (χ1v) is 19.5. The molecule has 13 heteroatoms. The third kappa shape index (κ3) is 20.4. The molecule has 1 fully saturated rings. The molecular formula is C34H65O12P. The van der Waals surface area contributed by atoms with Gasteiger partial charge in [-0.2, -0.15) is 0 Å². The number of carbonyl (C=O) groups is 1. The first-order chi connectivity index (χ1) is 22.5. The number of ether oxygens (including phenoxy) is 2. The van der Waals surface area contributed by atoms with Crippen LogP contribution in [0.25, 0.3) is 0 Å². The lowest BCUT2D eigenvalue weighted by Crippen LogP contribution is -2.64. The highest BCUT2D eigenvalue weighted by Gasteiger charge is 2.51. The Kier molecular flexibility index (Phi) is 25.2. The van der Waals surface area contributed by atoms with E-state index in [9.17, 15) is 39.8 Å². The van der Waals surface area contributed by atoms with Crippen molar-refractivity contribution in [2.45, 2.75) is 179 Å². The number of allylic oxidation sites excluding steroid dienone is 2. The summed E-state index contributed by atoms with van der Waals surface area (Å²) in [4.78, 5) is 22.9. The quantitative estimate of drug-likeness (QED) is 0.0258. The second-order valence-electron chi connectivity index (χ2n) is 12.7. The molecule has 6 unspecified atom stereocenters. The molecule has 6 atom stereocenters. The molecule has 0 amide bonds. The smallest absolute Gasteiger partial charge is 0.457 e. The van der Waals surface area contributed by atoms with Gasteiger partial charge < -0.3 is 39.9 Å². The number of esters is 1. The standard InChI is InChI=1S/C34H65O12P/c1-3-5-7-9-11-13-14-16-18-20-22-24-43-25-27(45-28(35)23-21-19-17-15-12-10-8-6-4-2)26-44-47(41,42)46-34-32(39)30(37)29(36)31(38)33(34)40/h7,9,27,29-34,36-40H,3-6,8,10-26H2,1-2H3,(H,41,42)/b9-7-. The summed E-state index contributed by atoms with van der Waals surface area (Å²) >= 11 is 0. The van der Waals surface area contributed by atoms with Gasteiger partial charge in [-0.05, 0) is 32.1 Å². The Bertz CT molecular complexity index is 843. The summed E-state index contributed by atoms with van der Waals surface area (Å²) in [6, 6.07) is 0. The van der Waals surface area contributed by atoms with E-state index < -0.39 is 63.1 Å². The predicted octanol–water partition coefficient (Wildman–Crippen LogP) is 5.24. The highest BCUT2D eigenvalue weighted by atomic mass is 31.2. The fourth-order valence-corrected chi connectivity index (χ4v) is 6.39. The molecule has 0 saturated heterocycles.